The van der Waals surface area contributed by atoms with Crippen molar-refractivity contribution in [1.82, 2.24) is 15.6 Å². The van der Waals surface area contributed by atoms with Gasteiger partial charge < -0.3 is 10.6 Å². The fraction of sp³-hybridized carbons (Fsp3) is 0.474. The molecule has 0 saturated carbocycles. The maximum Gasteiger partial charge on any atom is 0.191 e. The number of aromatic nitrogens is 1. The van der Waals surface area contributed by atoms with Gasteiger partial charge in [0.1, 0.15) is 0 Å². The van der Waals surface area contributed by atoms with Crippen LogP contribution in [0, 0.1) is 0 Å². The molecule has 3 rings (SSSR count). The van der Waals surface area contributed by atoms with Crippen LogP contribution in [0.2, 0.25) is 0 Å². The highest BCUT2D eigenvalue weighted by molar-refractivity contribution is 8.00. The van der Waals surface area contributed by atoms with Gasteiger partial charge in [-0.25, -0.2) is 4.99 Å². The molecular weight excluding hydrogens is 316 g/mol. The molecule has 1 atom stereocenters. The number of fused-ring (bicyclic) bond motifs is 1. The molecule has 1 saturated heterocycles. The van der Waals surface area contributed by atoms with Crippen molar-refractivity contribution in [2.24, 2.45) is 4.99 Å². The molecule has 1 aliphatic rings. The zero-order valence-corrected chi connectivity index (χ0v) is 15.3. The van der Waals surface area contributed by atoms with Crippen molar-refractivity contribution in [2.45, 2.75) is 38.0 Å². The topological polar surface area (TPSA) is 49.3 Å². The van der Waals surface area contributed by atoms with Crippen LogP contribution < -0.4 is 10.6 Å². The Bertz CT molecular complexity index is 702. The highest BCUT2D eigenvalue weighted by Gasteiger charge is 2.29. The van der Waals surface area contributed by atoms with Gasteiger partial charge in [0.25, 0.3) is 0 Å². The van der Waals surface area contributed by atoms with E-state index in [-0.39, 0.29) is 0 Å². The minimum atomic E-state index is 0.327. The molecule has 0 radical (unpaired) electrons. The molecule has 0 aliphatic carbocycles. The Morgan fingerprint density at radius 2 is 2.17 bits per heavy atom. The van der Waals surface area contributed by atoms with Crippen molar-refractivity contribution in [3.05, 3.63) is 42.2 Å². The number of nitrogens with zero attached hydrogens (tertiary/aromatic N) is 2. The lowest BCUT2D eigenvalue weighted by Crippen LogP contribution is -2.43. The van der Waals surface area contributed by atoms with Crippen molar-refractivity contribution >= 4 is 28.5 Å². The molecule has 0 spiro atoms. The van der Waals surface area contributed by atoms with E-state index in [9.17, 15) is 0 Å². The molecular formula is C19H26N4S. The molecule has 24 heavy (non-hydrogen) atoms. The first-order valence-electron chi connectivity index (χ1n) is 8.69. The molecule has 1 aromatic carbocycles. The fourth-order valence-electron chi connectivity index (χ4n) is 3.05. The van der Waals surface area contributed by atoms with Crippen LogP contribution in [0.15, 0.2) is 41.5 Å². The summed E-state index contributed by atoms with van der Waals surface area (Å²) in [5.74, 6) is 2.15. The third-order valence-electron chi connectivity index (χ3n) is 4.42. The molecule has 1 aliphatic heterocycles. The Balaban J connectivity index is 1.70. The number of hydrogen-bond acceptors (Lipinski definition) is 3. The Morgan fingerprint density at radius 3 is 2.96 bits per heavy atom. The summed E-state index contributed by atoms with van der Waals surface area (Å²) < 4.78 is 0.327. The van der Waals surface area contributed by atoms with Crippen molar-refractivity contribution in [1.29, 1.82) is 0 Å². The smallest absolute Gasteiger partial charge is 0.191 e. The molecule has 0 bridgehead atoms. The predicted molar refractivity (Wildman–Crippen MR) is 105 cm³/mol. The van der Waals surface area contributed by atoms with E-state index >= 15 is 0 Å². The van der Waals surface area contributed by atoms with Gasteiger partial charge in [0, 0.05) is 29.4 Å². The second kappa shape index (κ2) is 7.88. The van der Waals surface area contributed by atoms with E-state index in [1.54, 1.807) is 0 Å². The van der Waals surface area contributed by atoms with Crippen molar-refractivity contribution in [3.63, 3.8) is 0 Å². The fourth-order valence-corrected chi connectivity index (χ4v) is 4.30. The zero-order chi connectivity index (χ0) is 16.8. The predicted octanol–water partition coefficient (Wildman–Crippen LogP) is 3.58. The van der Waals surface area contributed by atoms with Crippen LogP contribution >= 0.6 is 11.8 Å². The van der Waals surface area contributed by atoms with E-state index in [1.807, 2.05) is 12.3 Å². The van der Waals surface area contributed by atoms with Gasteiger partial charge in [0.15, 0.2) is 5.96 Å². The van der Waals surface area contributed by atoms with Gasteiger partial charge in [0.05, 0.1) is 12.2 Å². The van der Waals surface area contributed by atoms with Gasteiger partial charge in [-0.3, -0.25) is 4.98 Å². The summed E-state index contributed by atoms with van der Waals surface area (Å²) in [4.78, 5) is 9.27. The molecule has 5 heteroatoms. The van der Waals surface area contributed by atoms with Gasteiger partial charge >= 0.3 is 0 Å². The highest BCUT2D eigenvalue weighted by Crippen LogP contribution is 2.36. The number of benzene rings is 1. The lowest BCUT2D eigenvalue weighted by Gasteiger charge is -2.24. The maximum atomic E-state index is 4.75. The molecule has 1 fully saturated rings. The summed E-state index contributed by atoms with van der Waals surface area (Å²) in [6.45, 7) is 6.83. The van der Waals surface area contributed by atoms with Gasteiger partial charge in [0.2, 0.25) is 0 Å². The van der Waals surface area contributed by atoms with E-state index in [1.165, 1.54) is 29.4 Å². The number of aliphatic imine (C=N–C) groups is 1. The lowest BCUT2D eigenvalue weighted by molar-refractivity contribution is 0.584. The number of nitrogens with one attached hydrogen (secondary N) is 2. The molecule has 4 nitrogen and oxygen atoms in total. The normalized spacial score (nSPS) is 21.2. The minimum Gasteiger partial charge on any atom is -0.357 e. The second-order valence-electron chi connectivity index (χ2n) is 6.43. The van der Waals surface area contributed by atoms with E-state index < -0.39 is 0 Å². The van der Waals surface area contributed by atoms with Crippen LogP contribution in [0.1, 0.15) is 32.4 Å². The summed E-state index contributed by atoms with van der Waals surface area (Å²) in [5, 5.41) is 9.25. The standard InChI is InChI=1S/C19H26N4S/c1-3-20-18(23-14-19(2)10-6-12-24-19)22-13-17-16-8-5-4-7-15(16)9-11-21-17/h4-5,7-9,11H,3,6,10,12-14H2,1-2H3,(H2,20,22,23). The van der Waals surface area contributed by atoms with Crippen molar-refractivity contribution < 1.29 is 0 Å². The Hall–Kier alpha value is -1.75. The molecule has 2 N–H and O–H groups in total. The summed E-state index contributed by atoms with van der Waals surface area (Å²) in [7, 11) is 0. The van der Waals surface area contributed by atoms with Crippen LogP contribution in [-0.4, -0.2) is 34.5 Å². The highest BCUT2D eigenvalue weighted by atomic mass is 32.2. The van der Waals surface area contributed by atoms with Gasteiger partial charge in [-0.1, -0.05) is 24.3 Å². The summed E-state index contributed by atoms with van der Waals surface area (Å²) in [5.41, 5.74) is 1.02. The third-order valence-corrected chi connectivity index (χ3v) is 5.96. The summed E-state index contributed by atoms with van der Waals surface area (Å²) in [6.07, 6.45) is 4.45. The number of guanidine groups is 1. The molecule has 2 heterocycles. The Kier molecular flexibility index (Phi) is 5.61. The van der Waals surface area contributed by atoms with Gasteiger partial charge in [-0.15, -0.1) is 0 Å². The van der Waals surface area contributed by atoms with Crippen LogP contribution in [-0.2, 0) is 6.54 Å². The number of hydrogen-bond donors (Lipinski definition) is 2. The molecule has 0 amide bonds. The second-order valence-corrected chi connectivity index (χ2v) is 8.11. The molecule has 128 valence electrons. The number of rotatable bonds is 5. The summed E-state index contributed by atoms with van der Waals surface area (Å²) >= 11 is 2.06. The molecule has 1 unspecified atom stereocenters. The largest absolute Gasteiger partial charge is 0.357 e. The quantitative estimate of drug-likeness (QED) is 0.644. The van der Waals surface area contributed by atoms with Crippen molar-refractivity contribution in [2.75, 3.05) is 18.8 Å². The summed E-state index contributed by atoms with van der Waals surface area (Å²) in [6, 6.07) is 10.4. The number of pyridine rings is 1. The monoisotopic (exact) mass is 342 g/mol. The minimum absolute atomic E-state index is 0.327. The third kappa shape index (κ3) is 4.20. The first kappa shape index (κ1) is 17.1. The average molecular weight is 343 g/mol. The molecule has 1 aromatic heterocycles. The molecule has 2 aromatic rings. The van der Waals surface area contributed by atoms with E-state index in [4.69, 9.17) is 4.99 Å². The maximum absolute atomic E-state index is 4.75. The van der Waals surface area contributed by atoms with Crippen LogP contribution in [0.25, 0.3) is 10.8 Å². The van der Waals surface area contributed by atoms with Gasteiger partial charge in [-0.05, 0) is 43.9 Å². The Labute approximate surface area is 148 Å². The first-order valence-corrected chi connectivity index (χ1v) is 9.67. The van der Waals surface area contributed by atoms with E-state index in [2.05, 4.69) is 65.5 Å². The van der Waals surface area contributed by atoms with Crippen LogP contribution in [0.4, 0.5) is 0 Å². The Morgan fingerprint density at radius 1 is 1.29 bits per heavy atom. The SMILES string of the molecule is CCNC(=NCc1nccc2ccccc12)NCC1(C)CCCS1. The lowest BCUT2D eigenvalue weighted by atomic mass is 10.1. The van der Waals surface area contributed by atoms with Crippen LogP contribution in [0.3, 0.4) is 0 Å². The first-order chi connectivity index (χ1) is 11.7. The van der Waals surface area contributed by atoms with Crippen molar-refractivity contribution in [3.8, 4) is 0 Å². The number of thioether (sulfide) groups is 1. The van der Waals surface area contributed by atoms with E-state index in [0.717, 1.165) is 24.7 Å². The zero-order valence-electron chi connectivity index (χ0n) is 14.5. The van der Waals surface area contributed by atoms with E-state index in [0.29, 0.717) is 11.3 Å². The average Bonchev–Trinajstić information content (AvgIpc) is 3.04. The van der Waals surface area contributed by atoms with Gasteiger partial charge in [-0.2, -0.15) is 11.8 Å². The van der Waals surface area contributed by atoms with Crippen LogP contribution in [0.5, 0.6) is 0 Å².